The van der Waals surface area contributed by atoms with Gasteiger partial charge in [-0.1, -0.05) is 18.2 Å². The number of hydrogen-bond donors (Lipinski definition) is 2. The summed E-state index contributed by atoms with van der Waals surface area (Å²) in [5, 5.41) is 0. The molecule has 21 heavy (non-hydrogen) atoms. The van der Waals surface area contributed by atoms with Crippen LogP contribution in [-0.4, -0.2) is 44.6 Å². The molecule has 3 N–H and O–H groups in total. The maximum atomic E-state index is 12.2. The second-order valence-electron chi connectivity index (χ2n) is 5.42. The molecule has 7 heteroatoms. The predicted octanol–water partition coefficient (Wildman–Crippen LogP) is 0.352. The van der Waals surface area contributed by atoms with Crippen molar-refractivity contribution in [3.63, 3.8) is 0 Å². The molecule has 1 aliphatic heterocycles. The Bertz CT molecular complexity index is 608. The molecule has 0 spiro atoms. The number of sulfonamides is 1. The number of likely N-dealkylation sites (tertiary alicyclic amines) is 1. The molecule has 0 aliphatic carbocycles. The number of nitrogen functional groups attached to an aromatic ring is 1. The number of amides is 1. The molecule has 0 bridgehead atoms. The molecule has 0 unspecified atom stereocenters. The third-order valence-corrected chi connectivity index (χ3v) is 4.39. The van der Waals surface area contributed by atoms with Gasteiger partial charge in [-0.3, -0.25) is 4.79 Å². The molecule has 6 nitrogen and oxygen atoms in total. The van der Waals surface area contributed by atoms with E-state index in [0.29, 0.717) is 31.6 Å². The normalized spacial score (nSPS) is 16.9. The quantitative estimate of drug-likeness (QED) is 0.785. The van der Waals surface area contributed by atoms with Gasteiger partial charge in [0.1, 0.15) is 0 Å². The minimum absolute atomic E-state index is 0.0331. The molecule has 116 valence electrons. The summed E-state index contributed by atoms with van der Waals surface area (Å²) >= 11 is 0. The van der Waals surface area contributed by atoms with Gasteiger partial charge in [-0.2, -0.15) is 0 Å². The number of carbonyl (C=O) groups excluding carboxylic acids is 1. The van der Waals surface area contributed by atoms with Crippen LogP contribution < -0.4 is 10.5 Å². The lowest BCUT2D eigenvalue weighted by Crippen LogP contribution is -2.46. The number of nitrogens with one attached hydrogen (secondary N) is 1. The Morgan fingerprint density at radius 2 is 1.95 bits per heavy atom. The van der Waals surface area contributed by atoms with Crippen LogP contribution in [0.5, 0.6) is 0 Å². The van der Waals surface area contributed by atoms with Gasteiger partial charge in [0, 0.05) is 24.8 Å². The molecular formula is C14H21N3O3S. The SMILES string of the molecule is CS(=O)(=O)NC1CCN(C(=O)Cc2ccccc2N)CC1. The number of hydrogen-bond acceptors (Lipinski definition) is 4. The third-order valence-electron chi connectivity index (χ3n) is 3.63. The average molecular weight is 311 g/mol. The van der Waals surface area contributed by atoms with E-state index < -0.39 is 10.0 Å². The molecule has 0 radical (unpaired) electrons. The fourth-order valence-electron chi connectivity index (χ4n) is 2.52. The van der Waals surface area contributed by atoms with Crippen molar-refractivity contribution in [2.75, 3.05) is 25.1 Å². The zero-order chi connectivity index (χ0) is 15.5. The summed E-state index contributed by atoms with van der Waals surface area (Å²) in [7, 11) is -3.19. The number of para-hydroxylation sites is 1. The first-order valence-corrected chi connectivity index (χ1v) is 8.83. The summed E-state index contributed by atoms with van der Waals surface area (Å²) in [4.78, 5) is 14.0. The lowest BCUT2D eigenvalue weighted by molar-refractivity contribution is -0.131. The summed E-state index contributed by atoms with van der Waals surface area (Å²) < 4.78 is 25.0. The molecule has 0 atom stereocenters. The van der Waals surface area contributed by atoms with Crippen LogP contribution in [-0.2, 0) is 21.2 Å². The number of carbonyl (C=O) groups is 1. The zero-order valence-corrected chi connectivity index (χ0v) is 12.9. The molecule has 1 fully saturated rings. The summed E-state index contributed by atoms with van der Waals surface area (Å²) in [5.74, 6) is 0.0331. The predicted molar refractivity (Wildman–Crippen MR) is 82.1 cm³/mol. The number of rotatable bonds is 4. The van der Waals surface area contributed by atoms with E-state index in [9.17, 15) is 13.2 Å². The highest BCUT2D eigenvalue weighted by molar-refractivity contribution is 7.88. The molecule has 1 aliphatic rings. The summed E-state index contributed by atoms with van der Waals surface area (Å²) in [6, 6.07) is 7.26. The first kappa shape index (κ1) is 15.8. The van der Waals surface area contributed by atoms with Gasteiger partial charge in [0.05, 0.1) is 12.7 Å². The average Bonchev–Trinajstić information content (AvgIpc) is 2.40. The van der Waals surface area contributed by atoms with Gasteiger partial charge in [-0.15, -0.1) is 0 Å². The van der Waals surface area contributed by atoms with Gasteiger partial charge in [0.25, 0.3) is 0 Å². The fraction of sp³-hybridized carbons (Fsp3) is 0.500. The lowest BCUT2D eigenvalue weighted by atomic mass is 10.0. The van der Waals surface area contributed by atoms with Crippen LogP contribution in [0.1, 0.15) is 18.4 Å². The van der Waals surface area contributed by atoms with Crippen molar-refractivity contribution in [1.29, 1.82) is 0 Å². The van der Waals surface area contributed by atoms with Crippen LogP contribution in [0.25, 0.3) is 0 Å². The van der Waals surface area contributed by atoms with E-state index >= 15 is 0 Å². The van der Waals surface area contributed by atoms with Crippen LogP contribution in [0.4, 0.5) is 5.69 Å². The topological polar surface area (TPSA) is 92.5 Å². The van der Waals surface area contributed by atoms with Gasteiger partial charge < -0.3 is 10.6 Å². The molecule has 0 aromatic heterocycles. The van der Waals surface area contributed by atoms with Crippen molar-refractivity contribution in [3.8, 4) is 0 Å². The van der Waals surface area contributed by atoms with Gasteiger partial charge in [0.15, 0.2) is 0 Å². The van der Waals surface area contributed by atoms with Crippen LogP contribution in [0.15, 0.2) is 24.3 Å². The van der Waals surface area contributed by atoms with Crippen LogP contribution >= 0.6 is 0 Å². The van der Waals surface area contributed by atoms with E-state index in [2.05, 4.69) is 4.72 Å². The molecule has 1 heterocycles. The number of nitrogens with zero attached hydrogens (tertiary/aromatic N) is 1. The second kappa shape index (κ2) is 6.44. The van der Waals surface area contributed by atoms with E-state index in [0.717, 1.165) is 11.8 Å². The maximum Gasteiger partial charge on any atom is 0.227 e. The number of nitrogens with two attached hydrogens (primary N) is 1. The van der Waals surface area contributed by atoms with Gasteiger partial charge in [-0.25, -0.2) is 13.1 Å². The van der Waals surface area contributed by atoms with Crippen molar-refractivity contribution >= 4 is 21.6 Å². The molecular weight excluding hydrogens is 290 g/mol. The summed E-state index contributed by atoms with van der Waals surface area (Å²) in [5.41, 5.74) is 7.30. The highest BCUT2D eigenvalue weighted by Gasteiger charge is 2.24. The van der Waals surface area contributed by atoms with Crippen LogP contribution in [0.2, 0.25) is 0 Å². The first-order valence-electron chi connectivity index (χ1n) is 6.93. The zero-order valence-electron chi connectivity index (χ0n) is 12.1. The lowest BCUT2D eigenvalue weighted by Gasteiger charge is -2.32. The largest absolute Gasteiger partial charge is 0.398 e. The Hall–Kier alpha value is -1.60. The Balaban J connectivity index is 1.88. The third kappa shape index (κ3) is 4.71. The van der Waals surface area contributed by atoms with Crippen molar-refractivity contribution in [3.05, 3.63) is 29.8 Å². The van der Waals surface area contributed by atoms with Crippen LogP contribution in [0.3, 0.4) is 0 Å². The fourth-order valence-corrected chi connectivity index (χ4v) is 3.36. The number of anilines is 1. The smallest absolute Gasteiger partial charge is 0.227 e. The van der Waals surface area contributed by atoms with Crippen LogP contribution in [0, 0.1) is 0 Å². The minimum atomic E-state index is -3.19. The van der Waals surface area contributed by atoms with E-state index in [1.165, 1.54) is 0 Å². The highest BCUT2D eigenvalue weighted by atomic mass is 32.2. The molecule has 2 rings (SSSR count). The molecule has 1 aromatic carbocycles. The van der Waals surface area contributed by atoms with Crippen molar-refractivity contribution in [1.82, 2.24) is 9.62 Å². The summed E-state index contributed by atoms with van der Waals surface area (Å²) in [6.07, 6.45) is 2.73. The second-order valence-corrected chi connectivity index (χ2v) is 7.20. The van der Waals surface area contributed by atoms with E-state index in [1.807, 2.05) is 18.2 Å². The van der Waals surface area contributed by atoms with E-state index in [1.54, 1.807) is 11.0 Å². The molecule has 0 saturated carbocycles. The monoisotopic (exact) mass is 311 g/mol. The molecule has 1 saturated heterocycles. The Labute approximate surface area is 125 Å². The Morgan fingerprint density at radius 1 is 1.33 bits per heavy atom. The maximum absolute atomic E-state index is 12.2. The van der Waals surface area contributed by atoms with E-state index in [-0.39, 0.29) is 18.4 Å². The number of benzene rings is 1. The van der Waals surface area contributed by atoms with Gasteiger partial charge >= 0.3 is 0 Å². The first-order chi connectivity index (χ1) is 9.85. The standard InChI is InChI=1S/C14H21N3O3S/c1-21(19,20)16-12-6-8-17(9-7-12)14(18)10-11-4-2-3-5-13(11)15/h2-5,12,16H,6-10,15H2,1H3. The van der Waals surface area contributed by atoms with Crippen molar-refractivity contribution in [2.45, 2.75) is 25.3 Å². The van der Waals surface area contributed by atoms with Crippen molar-refractivity contribution in [2.24, 2.45) is 0 Å². The van der Waals surface area contributed by atoms with E-state index in [4.69, 9.17) is 5.73 Å². The van der Waals surface area contributed by atoms with Crippen molar-refractivity contribution < 1.29 is 13.2 Å². The number of piperidine rings is 1. The minimum Gasteiger partial charge on any atom is -0.398 e. The Morgan fingerprint density at radius 3 is 2.52 bits per heavy atom. The van der Waals surface area contributed by atoms with Gasteiger partial charge in [0.2, 0.25) is 15.9 Å². The Kier molecular flexibility index (Phi) is 4.84. The summed E-state index contributed by atoms with van der Waals surface area (Å²) in [6.45, 7) is 1.14. The van der Waals surface area contributed by atoms with Gasteiger partial charge in [-0.05, 0) is 24.5 Å². The molecule has 1 aromatic rings. The highest BCUT2D eigenvalue weighted by Crippen LogP contribution is 2.16. The molecule has 1 amide bonds.